The Morgan fingerprint density at radius 1 is 1.12 bits per heavy atom. The Bertz CT molecular complexity index is 328. The van der Waals surface area contributed by atoms with Crippen molar-refractivity contribution in [2.75, 3.05) is 6.61 Å². The number of ether oxygens (including phenoxy) is 1. The Balaban J connectivity index is 1.78. The molecule has 3 heteroatoms. The summed E-state index contributed by atoms with van der Waals surface area (Å²) in [5.74, 6) is 1.31. The third-order valence-electron chi connectivity index (χ3n) is 3.45. The lowest BCUT2D eigenvalue weighted by atomic mass is 9.85. The lowest BCUT2D eigenvalue weighted by molar-refractivity contribution is 0.0413. The van der Waals surface area contributed by atoms with Crippen molar-refractivity contribution in [1.29, 1.82) is 0 Å². The van der Waals surface area contributed by atoms with Crippen LogP contribution in [0.15, 0.2) is 24.3 Å². The van der Waals surface area contributed by atoms with Crippen LogP contribution in [0, 0.1) is 5.92 Å². The number of hydrogen-bond donors (Lipinski definition) is 2. The smallest absolute Gasteiger partial charge is 0.119 e. The number of aromatic hydroxyl groups is 1. The van der Waals surface area contributed by atoms with E-state index in [0.717, 1.165) is 12.8 Å². The van der Waals surface area contributed by atoms with Gasteiger partial charge in [0, 0.05) is 0 Å². The fraction of sp³-hybridized carbons (Fsp3) is 0.571. The summed E-state index contributed by atoms with van der Waals surface area (Å²) in [6.45, 7) is 0.343. The van der Waals surface area contributed by atoms with Crippen LogP contribution in [0.2, 0.25) is 0 Å². The molecule has 0 spiro atoms. The van der Waals surface area contributed by atoms with Gasteiger partial charge in [0.1, 0.15) is 18.1 Å². The molecule has 0 heterocycles. The van der Waals surface area contributed by atoms with Gasteiger partial charge >= 0.3 is 0 Å². The van der Waals surface area contributed by atoms with Gasteiger partial charge in [-0.05, 0) is 43.0 Å². The minimum atomic E-state index is -0.371. The van der Waals surface area contributed by atoms with Crippen molar-refractivity contribution in [2.45, 2.75) is 38.2 Å². The molecule has 0 aliphatic heterocycles. The molecule has 1 aliphatic carbocycles. The Kier molecular flexibility index (Phi) is 4.26. The summed E-state index contributed by atoms with van der Waals surface area (Å²) in [4.78, 5) is 0. The summed E-state index contributed by atoms with van der Waals surface area (Å²) in [7, 11) is 0. The van der Waals surface area contributed by atoms with E-state index in [1.165, 1.54) is 19.3 Å². The fourth-order valence-electron chi connectivity index (χ4n) is 2.38. The second-order valence-electron chi connectivity index (χ2n) is 4.77. The molecule has 0 amide bonds. The Labute approximate surface area is 102 Å². The van der Waals surface area contributed by atoms with Crippen LogP contribution in [0.4, 0.5) is 0 Å². The average molecular weight is 236 g/mol. The zero-order valence-electron chi connectivity index (χ0n) is 10.0. The molecule has 1 aliphatic rings. The van der Waals surface area contributed by atoms with Crippen molar-refractivity contribution in [3.05, 3.63) is 24.3 Å². The Hall–Kier alpha value is -1.22. The monoisotopic (exact) mass is 236 g/mol. The van der Waals surface area contributed by atoms with Gasteiger partial charge in [-0.1, -0.05) is 19.3 Å². The third kappa shape index (κ3) is 3.63. The first-order chi connectivity index (χ1) is 8.25. The molecule has 0 bridgehead atoms. The highest BCUT2D eigenvalue weighted by Gasteiger charge is 2.21. The standard InChI is InChI=1S/C14H20O3/c15-12-6-8-13(9-7-12)17-10-14(16)11-4-2-1-3-5-11/h6-9,11,14-16H,1-5,10H2. The average Bonchev–Trinajstić information content (AvgIpc) is 2.39. The normalized spacial score (nSPS) is 18.9. The van der Waals surface area contributed by atoms with E-state index >= 15 is 0 Å². The van der Waals surface area contributed by atoms with E-state index in [9.17, 15) is 5.11 Å². The van der Waals surface area contributed by atoms with E-state index in [0.29, 0.717) is 18.3 Å². The van der Waals surface area contributed by atoms with Crippen molar-refractivity contribution in [1.82, 2.24) is 0 Å². The summed E-state index contributed by atoms with van der Waals surface area (Å²) in [5.41, 5.74) is 0. The number of aliphatic hydroxyl groups excluding tert-OH is 1. The number of aliphatic hydroxyl groups is 1. The first-order valence-electron chi connectivity index (χ1n) is 6.35. The molecule has 1 unspecified atom stereocenters. The van der Waals surface area contributed by atoms with Gasteiger partial charge in [0.2, 0.25) is 0 Å². The first-order valence-corrected chi connectivity index (χ1v) is 6.35. The molecule has 1 saturated carbocycles. The van der Waals surface area contributed by atoms with Crippen LogP contribution in [0.1, 0.15) is 32.1 Å². The lowest BCUT2D eigenvalue weighted by Gasteiger charge is -2.26. The van der Waals surface area contributed by atoms with E-state index in [1.807, 2.05) is 0 Å². The summed E-state index contributed by atoms with van der Waals surface area (Å²) in [6.07, 6.45) is 5.59. The van der Waals surface area contributed by atoms with Gasteiger partial charge in [-0.25, -0.2) is 0 Å². The van der Waals surface area contributed by atoms with Crippen molar-refractivity contribution in [2.24, 2.45) is 5.92 Å². The van der Waals surface area contributed by atoms with E-state index < -0.39 is 0 Å². The van der Waals surface area contributed by atoms with Crippen LogP contribution in [0.3, 0.4) is 0 Å². The summed E-state index contributed by atoms with van der Waals surface area (Å²) < 4.78 is 5.51. The molecule has 1 atom stereocenters. The largest absolute Gasteiger partial charge is 0.508 e. The second kappa shape index (κ2) is 5.92. The van der Waals surface area contributed by atoms with Gasteiger partial charge in [-0.2, -0.15) is 0 Å². The lowest BCUT2D eigenvalue weighted by Crippen LogP contribution is -2.28. The number of phenolic OH excluding ortho intramolecular Hbond substituents is 1. The van der Waals surface area contributed by atoms with Crippen molar-refractivity contribution >= 4 is 0 Å². The fourth-order valence-corrected chi connectivity index (χ4v) is 2.38. The summed E-state index contributed by atoms with van der Waals surface area (Å²) in [6, 6.07) is 6.59. The topological polar surface area (TPSA) is 49.7 Å². The minimum Gasteiger partial charge on any atom is -0.508 e. The van der Waals surface area contributed by atoms with E-state index in [4.69, 9.17) is 9.84 Å². The molecule has 0 aromatic heterocycles. The van der Waals surface area contributed by atoms with Gasteiger partial charge in [0.25, 0.3) is 0 Å². The molecule has 1 fully saturated rings. The van der Waals surface area contributed by atoms with Crippen LogP contribution >= 0.6 is 0 Å². The van der Waals surface area contributed by atoms with Crippen molar-refractivity contribution in [3.63, 3.8) is 0 Å². The van der Waals surface area contributed by atoms with Crippen LogP contribution < -0.4 is 4.74 Å². The van der Waals surface area contributed by atoms with Crippen molar-refractivity contribution < 1.29 is 14.9 Å². The third-order valence-corrected chi connectivity index (χ3v) is 3.45. The highest BCUT2D eigenvalue weighted by molar-refractivity contribution is 5.30. The molecule has 17 heavy (non-hydrogen) atoms. The molecule has 1 aromatic rings. The highest BCUT2D eigenvalue weighted by Crippen LogP contribution is 2.27. The van der Waals surface area contributed by atoms with E-state index in [-0.39, 0.29) is 11.9 Å². The number of benzene rings is 1. The van der Waals surface area contributed by atoms with E-state index in [1.54, 1.807) is 24.3 Å². The molecular weight excluding hydrogens is 216 g/mol. The van der Waals surface area contributed by atoms with Gasteiger partial charge in [0.15, 0.2) is 0 Å². The molecule has 2 N–H and O–H groups in total. The quantitative estimate of drug-likeness (QED) is 0.845. The van der Waals surface area contributed by atoms with Crippen molar-refractivity contribution in [3.8, 4) is 11.5 Å². The van der Waals surface area contributed by atoms with Crippen LogP contribution in [-0.4, -0.2) is 22.9 Å². The van der Waals surface area contributed by atoms with Crippen LogP contribution in [0.25, 0.3) is 0 Å². The maximum Gasteiger partial charge on any atom is 0.119 e. The van der Waals surface area contributed by atoms with Gasteiger partial charge in [-0.3, -0.25) is 0 Å². The molecule has 2 rings (SSSR count). The molecule has 3 nitrogen and oxygen atoms in total. The predicted octanol–water partition coefficient (Wildman–Crippen LogP) is 2.71. The zero-order chi connectivity index (χ0) is 12.1. The number of hydrogen-bond acceptors (Lipinski definition) is 3. The maximum absolute atomic E-state index is 10.0. The molecule has 0 saturated heterocycles. The summed E-state index contributed by atoms with van der Waals surface area (Å²) >= 11 is 0. The van der Waals surface area contributed by atoms with Crippen LogP contribution in [0.5, 0.6) is 11.5 Å². The second-order valence-corrected chi connectivity index (χ2v) is 4.77. The maximum atomic E-state index is 10.0. The van der Waals surface area contributed by atoms with Crippen LogP contribution in [-0.2, 0) is 0 Å². The number of phenols is 1. The molecular formula is C14H20O3. The SMILES string of the molecule is Oc1ccc(OCC(O)C2CCCCC2)cc1. The van der Waals surface area contributed by atoms with E-state index in [2.05, 4.69) is 0 Å². The zero-order valence-corrected chi connectivity index (χ0v) is 10.0. The molecule has 94 valence electrons. The Morgan fingerprint density at radius 2 is 1.76 bits per heavy atom. The van der Waals surface area contributed by atoms with Gasteiger partial charge in [-0.15, -0.1) is 0 Å². The molecule has 0 radical (unpaired) electrons. The summed E-state index contributed by atoms with van der Waals surface area (Å²) in [5, 5.41) is 19.1. The highest BCUT2D eigenvalue weighted by atomic mass is 16.5. The Morgan fingerprint density at radius 3 is 2.41 bits per heavy atom. The minimum absolute atomic E-state index is 0.227. The van der Waals surface area contributed by atoms with Gasteiger partial charge in [0.05, 0.1) is 6.10 Å². The molecule has 1 aromatic carbocycles. The number of rotatable bonds is 4. The first kappa shape index (κ1) is 12.2. The predicted molar refractivity (Wildman–Crippen MR) is 66.2 cm³/mol. The van der Waals surface area contributed by atoms with Gasteiger partial charge < -0.3 is 14.9 Å².